The molecule has 25 heavy (non-hydrogen) atoms. The van der Waals surface area contributed by atoms with Gasteiger partial charge in [0.1, 0.15) is 5.69 Å². The highest BCUT2D eigenvalue weighted by Gasteiger charge is 2.13. The van der Waals surface area contributed by atoms with Crippen molar-refractivity contribution in [2.75, 3.05) is 7.11 Å². The van der Waals surface area contributed by atoms with Crippen LogP contribution in [0.4, 0.5) is 0 Å². The summed E-state index contributed by atoms with van der Waals surface area (Å²) in [5.41, 5.74) is 7.06. The maximum Gasteiger partial charge on any atom is 0.290 e. The molecule has 0 aliphatic rings. The van der Waals surface area contributed by atoms with E-state index in [9.17, 15) is 9.90 Å². The number of carbonyl (C=O) groups excluding carboxylic acids is 1. The molecule has 0 saturated carbocycles. The third-order valence-electron chi connectivity index (χ3n) is 3.45. The van der Waals surface area contributed by atoms with Gasteiger partial charge in [-0.1, -0.05) is 6.58 Å². The monoisotopic (exact) mass is 340 g/mol. The zero-order valence-corrected chi connectivity index (χ0v) is 13.4. The van der Waals surface area contributed by atoms with Gasteiger partial charge >= 0.3 is 0 Å². The molecule has 3 rings (SSSR count). The summed E-state index contributed by atoms with van der Waals surface area (Å²) in [7, 11) is 1.45. The molecule has 128 valence electrons. The molecule has 2 heterocycles. The summed E-state index contributed by atoms with van der Waals surface area (Å²) in [5.74, 6) is 0.466. The van der Waals surface area contributed by atoms with Crippen molar-refractivity contribution in [2.24, 2.45) is 0 Å². The standard InChI is InChI=1S/C17H16N4O4/c1-10(11-5-6-14(22)16(8-11)24-2)18-21-17(23)13-9-12(19-20-13)15-4-3-7-25-15/h3-9,18,22H,1H2,2H3,(H,19,20)(H,21,23). The Kier molecular flexibility index (Phi) is 4.42. The summed E-state index contributed by atoms with van der Waals surface area (Å²) >= 11 is 0. The lowest BCUT2D eigenvalue weighted by molar-refractivity contribution is 0.0937. The van der Waals surface area contributed by atoms with Gasteiger partial charge in [-0.3, -0.25) is 20.7 Å². The van der Waals surface area contributed by atoms with Crippen molar-refractivity contribution in [3.8, 4) is 23.0 Å². The maximum atomic E-state index is 12.1. The Hall–Kier alpha value is -3.68. The number of benzene rings is 1. The fourth-order valence-electron chi connectivity index (χ4n) is 2.13. The summed E-state index contributed by atoms with van der Waals surface area (Å²) in [6.07, 6.45) is 1.54. The van der Waals surface area contributed by atoms with Gasteiger partial charge in [-0.2, -0.15) is 5.10 Å². The number of ether oxygens (including phenoxy) is 1. The Morgan fingerprint density at radius 2 is 2.16 bits per heavy atom. The van der Waals surface area contributed by atoms with Crippen molar-refractivity contribution >= 4 is 11.6 Å². The molecular formula is C17H16N4O4. The van der Waals surface area contributed by atoms with Gasteiger partial charge in [0, 0.05) is 11.6 Å². The van der Waals surface area contributed by atoms with E-state index in [0.29, 0.717) is 28.5 Å². The Morgan fingerprint density at radius 1 is 1.32 bits per heavy atom. The molecule has 0 aliphatic carbocycles. The number of aromatic amines is 1. The van der Waals surface area contributed by atoms with Crippen molar-refractivity contribution in [3.05, 3.63) is 60.5 Å². The van der Waals surface area contributed by atoms with Crippen LogP contribution in [0.25, 0.3) is 17.2 Å². The first-order valence-corrected chi connectivity index (χ1v) is 7.30. The van der Waals surface area contributed by atoms with E-state index in [0.717, 1.165) is 0 Å². The number of hydrazine groups is 1. The Morgan fingerprint density at radius 3 is 2.88 bits per heavy atom. The predicted octanol–water partition coefficient (Wildman–Crippen LogP) is 2.29. The number of rotatable bonds is 6. The van der Waals surface area contributed by atoms with Crippen molar-refractivity contribution in [2.45, 2.75) is 0 Å². The lowest BCUT2D eigenvalue weighted by Crippen LogP contribution is -2.36. The highest BCUT2D eigenvalue weighted by atomic mass is 16.5. The lowest BCUT2D eigenvalue weighted by atomic mass is 10.1. The molecule has 2 aromatic heterocycles. The molecule has 4 N–H and O–H groups in total. The van der Waals surface area contributed by atoms with Crippen molar-refractivity contribution in [1.82, 2.24) is 21.0 Å². The van der Waals surface area contributed by atoms with Gasteiger partial charge in [0.15, 0.2) is 23.0 Å². The lowest BCUT2D eigenvalue weighted by Gasteiger charge is -2.12. The third kappa shape index (κ3) is 3.47. The van der Waals surface area contributed by atoms with Crippen LogP contribution in [0.5, 0.6) is 11.5 Å². The Labute approximate surface area is 143 Å². The van der Waals surface area contributed by atoms with Crippen LogP contribution in [0.2, 0.25) is 0 Å². The summed E-state index contributed by atoms with van der Waals surface area (Å²) in [5, 5.41) is 16.3. The second-order valence-electron chi connectivity index (χ2n) is 5.09. The van der Waals surface area contributed by atoms with E-state index in [1.54, 1.807) is 30.3 Å². The van der Waals surface area contributed by atoms with Crippen LogP contribution in [-0.2, 0) is 0 Å². The van der Waals surface area contributed by atoms with Crippen molar-refractivity contribution in [3.63, 3.8) is 0 Å². The molecular weight excluding hydrogens is 324 g/mol. The first-order chi connectivity index (χ1) is 12.1. The van der Waals surface area contributed by atoms with E-state index in [1.807, 2.05) is 0 Å². The highest BCUT2D eigenvalue weighted by molar-refractivity contribution is 5.93. The van der Waals surface area contributed by atoms with E-state index in [-0.39, 0.29) is 11.4 Å². The van der Waals surface area contributed by atoms with Crippen LogP contribution >= 0.6 is 0 Å². The zero-order valence-electron chi connectivity index (χ0n) is 13.4. The van der Waals surface area contributed by atoms with Crippen LogP contribution in [0.3, 0.4) is 0 Å². The second kappa shape index (κ2) is 6.83. The van der Waals surface area contributed by atoms with Crippen molar-refractivity contribution < 1.29 is 19.1 Å². The summed E-state index contributed by atoms with van der Waals surface area (Å²) < 4.78 is 10.3. The third-order valence-corrected chi connectivity index (χ3v) is 3.45. The smallest absolute Gasteiger partial charge is 0.290 e. The summed E-state index contributed by atoms with van der Waals surface area (Å²) in [6, 6.07) is 9.79. The minimum Gasteiger partial charge on any atom is -0.504 e. The van der Waals surface area contributed by atoms with Gasteiger partial charge < -0.3 is 14.3 Å². The van der Waals surface area contributed by atoms with Crippen LogP contribution < -0.4 is 15.6 Å². The van der Waals surface area contributed by atoms with Gasteiger partial charge in [0.2, 0.25) is 0 Å². The summed E-state index contributed by atoms with van der Waals surface area (Å²) in [6.45, 7) is 3.84. The van der Waals surface area contributed by atoms with Gasteiger partial charge in [0.05, 0.1) is 19.1 Å². The van der Waals surface area contributed by atoms with Crippen LogP contribution in [0, 0.1) is 0 Å². The number of phenols is 1. The van der Waals surface area contributed by atoms with Gasteiger partial charge in [-0.25, -0.2) is 0 Å². The number of nitrogens with zero attached hydrogens (tertiary/aromatic N) is 1. The first-order valence-electron chi connectivity index (χ1n) is 7.30. The van der Waals surface area contributed by atoms with Gasteiger partial charge in [0.25, 0.3) is 5.91 Å². The molecule has 1 amide bonds. The number of phenolic OH excluding ortho intramolecular Hbond substituents is 1. The number of amides is 1. The molecule has 8 nitrogen and oxygen atoms in total. The zero-order chi connectivity index (χ0) is 17.8. The molecule has 0 saturated heterocycles. The Bertz CT molecular complexity index is 899. The maximum absolute atomic E-state index is 12.1. The minimum absolute atomic E-state index is 0.0186. The molecule has 0 radical (unpaired) electrons. The molecule has 0 fully saturated rings. The molecule has 3 aromatic rings. The SMILES string of the molecule is C=C(NNC(=O)c1cc(-c2ccco2)[nH]n1)c1ccc(O)c(OC)c1. The van der Waals surface area contributed by atoms with E-state index >= 15 is 0 Å². The second-order valence-corrected chi connectivity index (χ2v) is 5.09. The molecule has 0 bridgehead atoms. The first kappa shape index (κ1) is 16.2. The molecule has 8 heteroatoms. The number of nitrogens with one attached hydrogen (secondary N) is 3. The number of hydrogen-bond acceptors (Lipinski definition) is 6. The number of methoxy groups -OCH3 is 1. The highest BCUT2D eigenvalue weighted by Crippen LogP contribution is 2.28. The number of carbonyl (C=O) groups is 1. The summed E-state index contributed by atoms with van der Waals surface area (Å²) in [4.78, 5) is 12.1. The van der Waals surface area contributed by atoms with Crippen LogP contribution in [0.1, 0.15) is 16.1 Å². The molecule has 0 unspecified atom stereocenters. The fourth-order valence-corrected chi connectivity index (χ4v) is 2.13. The number of furan rings is 1. The number of H-pyrrole nitrogens is 1. The Balaban J connectivity index is 1.63. The van der Waals surface area contributed by atoms with Crippen LogP contribution in [-0.4, -0.2) is 28.3 Å². The average Bonchev–Trinajstić information content (AvgIpc) is 3.30. The fraction of sp³-hybridized carbons (Fsp3) is 0.0588. The van der Waals surface area contributed by atoms with Crippen molar-refractivity contribution in [1.29, 1.82) is 0 Å². The topological polar surface area (TPSA) is 112 Å². The number of aromatic nitrogens is 2. The van der Waals surface area contributed by atoms with E-state index < -0.39 is 5.91 Å². The van der Waals surface area contributed by atoms with Gasteiger partial charge in [-0.15, -0.1) is 0 Å². The van der Waals surface area contributed by atoms with E-state index in [1.165, 1.54) is 19.4 Å². The molecule has 1 aromatic carbocycles. The molecule has 0 spiro atoms. The predicted molar refractivity (Wildman–Crippen MR) is 90.6 cm³/mol. The minimum atomic E-state index is -0.444. The largest absolute Gasteiger partial charge is 0.504 e. The van der Waals surface area contributed by atoms with E-state index in [4.69, 9.17) is 9.15 Å². The van der Waals surface area contributed by atoms with E-state index in [2.05, 4.69) is 27.6 Å². The average molecular weight is 340 g/mol. The molecule has 0 aliphatic heterocycles. The molecule has 0 atom stereocenters. The number of aromatic hydroxyl groups is 1. The number of hydrogen-bond donors (Lipinski definition) is 4. The van der Waals surface area contributed by atoms with Gasteiger partial charge in [-0.05, 0) is 30.3 Å². The van der Waals surface area contributed by atoms with Crippen LogP contribution in [0.15, 0.2) is 53.7 Å². The normalized spacial score (nSPS) is 10.3. The quantitative estimate of drug-likeness (QED) is 0.512.